The van der Waals surface area contributed by atoms with E-state index in [1.165, 1.54) is 0 Å². The average Bonchev–Trinajstić information content (AvgIpc) is 2.65. The normalized spacial score (nSPS) is 18.4. The lowest BCUT2D eigenvalue weighted by Gasteiger charge is -2.38. The monoisotopic (exact) mass is 383 g/mol. The maximum Gasteiger partial charge on any atom is 0.261 e. The van der Waals surface area contributed by atoms with E-state index >= 15 is 0 Å². The lowest BCUT2D eigenvalue weighted by Crippen LogP contribution is -2.45. The van der Waals surface area contributed by atoms with Gasteiger partial charge in [-0.05, 0) is 63.1 Å². The molecule has 0 aromatic heterocycles. The molecule has 2 aromatic carbocycles. The van der Waals surface area contributed by atoms with Crippen molar-refractivity contribution in [2.75, 3.05) is 7.11 Å². The van der Waals surface area contributed by atoms with E-state index in [-0.39, 0.29) is 17.6 Å². The van der Waals surface area contributed by atoms with Crippen molar-refractivity contribution in [3.8, 4) is 17.2 Å². The quantitative estimate of drug-likeness (QED) is 0.793. The van der Waals surface area contributed by atoms with Crippen LogP contribution in [0.25, 0.3) is 0 Å². The van der Waals surface area contributed by atoms with E-state index in [4.69, 9.17) is 14.2 Å². The first-order valence-corrected chi connectivity index (χ1v) is 9.72. The van der Waals surface area contributed by atoms with Crippen LogP contribution >= 0.6 is 0 Å². The Morgan fingerprint density at radius 1 is 1.21 bits per heavy atom. The highest BCUT2D eigenvalue weighted by Crippen LogP contribution is 2.40. The molecule has 5 nitrogen and oxygen atoms in total. The number of rotatable bonds is 6. The molecule has 1 heterocycles. The highest BCUT2D eigenvalue weighted by molar-refractivity contribution is 5.81. The van der Waals surface area contributed by atoms with Crippen molar-refractivity contribution in [3.05, 3.63) is 53.6 Å². The second-order valence-corrected chi connectivity index (χ2v) is 7.86. The largest absolute Gasteiger partial charge is 0.497 e. The van der Waals surface area contributed by atoms with Crippen molar-refractivity contribution in [1.82, 2.24) is 5.32 Å². The van der Waals surface area contributed by atoms with Gasteiger partial charge >= 0.3 is 0 Å². The van der Waals surface area contributed by atoms with Crippen LogP contribution in [-0.4, -0.2) is 24.7 Å². The first-order chi connectivity index (χ1) is 13.3. The van der Waals surface area contributed by atoms with Gasteiger partial charge in [-0.1, -0.05) is 19.1 Å². The predicted octanol–water partition coefficient (Wildman–Crippen LogP) is 4.58. The van der Waals surface area contributed by atoms with Gasteiger partial charge in [0.2, 0.25) is 0 Å². The van der Waals surface area contributed by atoms with Crippen molar-refractivity contribution in [2.24, 2.45) is 0 Å². The molecule has 0 saturated carbocycles. The number of carbonyl (C=O) groups excluding carboxylic acids is 1. The van der Waals surface area contributed by atoms with Crippen molar-refractivity contribution >= 4 is 5.91 Å². The van der Waals surface area contributed by atoms with Crippen molar-refractivity contribution in [1.29, 1.82) is 0 Å². The molecule has 0 saturated heterocycles. The standard InChI is InChI=1S/C23H29NO4/c1-6-20(27-17-10-8-16(26-5)9-11-17)22(25)24-19-14-23(3,4)28-21-13-15(2)7-12-18(19)21/h7-13,19-20H,6,14H2,1-5H3,(H,24,25)/t19-,20+/m1/s1. The minimum absolute atomic E-state index is 0.111. The summed E-state index contributed by atoms with van der Waals surface area (Å²) in [5, 5.41) is 3.18. The third-order valence-electron chi connectivity index (χ3n) is 4.94. The summed E-state index contributed by atoms with van der Waals surface area (Å²) in [7, 11) is 1.62. The number of fused-ring (bicyclic) bond motifs is 1. The Kier molecular flexibility index (Phi) is 5.82. The van der Waals surface area contributed by atoms with E-state index in [1.54, 1.807) is 7.11 Å². The summed E-state index contributed by atoms with van der Waals surface area (Å²) in [5.74, 6) is 2.12. The molecule has 0 aliphatic carbocycles. The molecule has 1 aliphatic rings. The summed E-state index contributed by atoms with van der Waals surface area (Å²) in [4.78, 5) is 13.0. The molecule has 0 radical (unpaired) electrons. The topological polar surface area (TPSA) is 56.8 Å². The average molecular weight is 383 g/mol. The van der Waals surface area contributed by atoms with Crippen LogP contribution in [0.15, 0.2) is 42.5 Å². The summed E-state index contributed by atoms with van der Waals surface area (Å²) in [6, 6.07) is 13.3. The third kappa shape index (κ3) is 4.58. The Morgan fingerprint density at radius 3 is 2.54 bits per heavy atom. The highest BCUT2D eigenvalue weighted by atomic mass is 16.5. The Labute approximate surface area is 167 Å². The molecule has 0 unspecified atom stereocenters. The number of hydrogen-bond acceptors (Lipinski definition) is 4. The second-order valence-electron chi connectivity index (χ2n) is 7.86. The van der Waals surface area contributed by atoms with E-state index in [9.17, 15) is 4.79 Å². The zero-order valence-corrected chi connectivity index (χ0v) is 17.2. The fourth-order valence-electron chi connectivity index (χ4n) is 3.49. The summed E-state index contributed by atoms with van der Waals surface area (Å²) in [5.41, 5.74) is 1.80. The van der Waals surface area contributed by atoms with Gasteiger partial charge in [-0.25, -0.2) is 0 Å². The molecule has 3 rings (SSSR count). The number of aryl methyl sites for hydroxylation is 1. The van der Waals surface area contributed by atoms with E-state index < -0.39 is 6.10 Å². The first kappa shape index (κ1) is 20.1. The molecular formula is C23H29NO4. The van der Waals surface area contributed by atoms with Crippen LogP contribution in [0.2, 0.25) is 0 Å². The molecule has 0 bridgehead atoms. The van der Waals surface area contributed by atoms with Crippen LogP contribution in [-0.2, 0) is 4.79 Å². The van der Waals surface area contributed by atoms with Crippen LogP contribution in [0.4, 0.5) is 0 Å². The van der Waals surface area contributed by atoms with Gasteiger partial charge in [0.05, 0.1) is 13.2 Å². The Bertz CT molecular complexity index is 829. The molecule has 2 aromatic rings. The molecule has 28 heavy (non-hydrogen) atoms. The van der Waals surface area contributed by atoms with E-state index in [2.05, 4.69) is 5.32 Å². The van der Waals surface area contributed by atoms with Crippen LogP contribution in [0.3, 0.4) is 0 Å². The number of ether oxygens (including phenoxy) is 3. The first-order valence-electron chi connectivity index (χ1n) is 9.72. The van der Waals surface area contributed by atoms with Crippen LogP contribution < -0.4 is 19.5 Å². The molecule has 5 heteroatoms. The number of amides is 1. The SMILES string of the molecule is CC[C@H](Oc1ccc(OC)cc1)C(=O)N[C@@H]1CC(C)(C)Oc2cc(C)ccc21. The number of nitrogens with one attached hydrogen (secondary N) is 1. The van der Waals surface area contributed by atoms with E-state index in [0.29, 0.717) is 18.6 Å². The second kappa shape index (κ2) is 8.13. The van der Waals surface area contributed by atoms with E-state index in [1.807, 2.05) is 70.2 Å². The van der Waals surface area contributed by atoms with Gasteiger partial charge in [0.1, 0.15) is 22.8 Å². The molecule has 2 atom stereocenters. The van der Waals surface area contributed by atoms with Gasteiger partial charge < -0.3 is 19.5 Å². The highest BCUT2D eigenvalue weighted by Gasteiger charge is 2.35. The summed E-state index contributed by atoms with van der Waals surface area (Å²) >= 11 is 0. The van der Waals surface area contributed by atoms with Crippen LogP contribution in [0.1, 0.15) is 50.8 Å². The zero-order chi connectivity index (χ0) is 20.3. The maximum atomic E-state index is 13.0. The number of carbonyl (C=O) groups is 1. The Hall–Kier alpha value is -2.69. The summed E-state index contributed by atoms with van der Waals surface area (Å²) in [6.45, 7) is 8.07. The fraction of sp³-hybridized carbons (Fsp3) is 0.435. The van der Waals surface area contributed by atoms with Gasteiger partial charge in [-0.3, -0.25) is 4.79 Å². The minimum Gasteiger partial charge on any atom is -0.497 e. The molecule has 1 N–H and O–H groups in total. The molecular weight excluding hydrogens is 354 g/mol. The smallest absolute Gasteiger partial charge is 0.261 e. The minimum atomic E-state index is -0.562. The number of hydrogen-bond donors (Lipinski definition) is 1. The van der Waals surface area contributed by atoms with Crippen LogP contribution in [0, 0.1) is 6.92 Å². The summed E-state index contributed by atoms with van der Waals surface area (Å²) < 4.78 is 17.2. The van der Waals surface area contributed by atoms with Crippen molar-refractivity contribution < 1.29 is 19.0 Å². The number of methoxy groups -OCH3 is 1. The van der Waals surface area contributed by atoms with Gasteiger partial charge in [-0.15, -0.1) is 0 Å². The van der Waals surface area contributed by atoms with Gasteiger partial charge in [0.15, 0.2) is 6.10 Å². The molecule has 0 spiro atoms. The van der Waals surface area contributed by atoms with Gasteiger partial charge in [0, 0.05) is 12.0 Å². The maximum absolute atomic E-state index is 13.0. The zero-order valence-electron chi connectivity index (χ0n) is 17.2. The summed E-state index contributed by atoms with van der Waals surface area (Å²) in [6.07, 6.45) is 0.715. The molecule has 0 fully saturated rings. The predicted molar refractivity (Wildman–Crippen MR) is 109 cm³/mol. The third-order valence-corrected chi connectivity index (χ3v) is 4.94. The van der Waals surface area contributed by atoms with Gasteiger partial charge in [-0.2, -0.15) is 0 Å². The van der Waals surface area contributed by atoms with Crippen molar-refractivity contribution in [2.45, 2.75) is 58.3 Å². The Balaban J connectivity index is 1.74. The molecule has 1 amide bonds. The van der Waals surface area contributed by atoms with Crippen LogP contribution in [0.5, 0.6) is 17.2 Å². The Morgan fingerprint density at radius 2 is 1.89 bits per heavy atom. The van der Waals surface area contributed by atoms with Gasteiger partial charge in [0.25, 0.3) is 5.91 Å². The molecule has 150 valence electrons. The lowest BCUT2D eigenvalue weighted by atomic mass is 9.89. The van der Waals surface area contributed by atoms with Crippen molar-refractivity contribution in [3.63, 3.8) is 0 Å². The lowest BCUT2D eigenvalue weighted by molar-refractivity contribution is -0.129. The fourth-order valence-corrected chi connectivity index (χ4v) is 3.49. The van der Waals surface area contributed by atoms with E-state index in [0.717, 1.165) is 22.6 Å². The molecule has 1 aliphatic heterocycles. The number of benzene rings is 2.